The van der Waals surface area contributed by atoms with Crippen LogP contribution in [0.4, 0.5) is 0 Å². The van der Waals surface area contributed by atoms with E-state index in [1.165, 1.54) is 5.56 Å². The first kappa shape index (κ1) is 13.1. The van der Waals surface area contributed by atoms with Crippen LogP contribution in [0.2, 0.25) is 0 Å². The highest BCUT2D eigenvalue weighted by molar-refractivity contribution is 5.82. The van der Waals surface area contributed by atoms with Gasteiger partial charge in [-0.05, 0) is 18.9 Å². The van der Waals surface area contributed by atoms with Crippen LogP contribution in [0.3, 0.4) is 0 Å². The van der Waals surface area contributed by atoms with Crippen molar-refractivity contribution in [3.8, 4) is 0 Å². The lowest BCUT2D eigenvalue weighted by Gasteiger charge is -2.11. The molecule has 2 N–H and O–H groups in total. The summed E-state index contributed by atoms with van der Waals surface area (Å²) in [7, 11) is 1.68. The molecule has 1 aromatic carbocycles. The molecule has 4 heteroatoms. The minimum Gasteiger partial charge on any atom is -0.380 e. The first-order chi connectivity index (χ1) is 8.69. The second-order valence-electron chi connectivity index (χ2n) is 4.76. The molecule has 0 aliphatic carbocycles. The Labute approximate surface area is 108 Å². The number of hydrogen-bond acceptors (Lipinski definition) is 3. The summed E-state index contributed by atoms with van der Waals surface area (Å²) in [6.07, 6.45) is 0.899. The molecule has 0 saturated carbocycles. The van der Waals surface area contributed by atoms with Crippen molar-refractivity contribution in [2.45, 2.75) is 32.0 Å². The molecular weight excluding hydrogens is 228 g/mol. The Morgan fingerprint density at radius 2 is 2.17 bits per heavy atom. The van der Waals surface area contributed by atoms with Gasteiger partial charge in [0.1, 0.15) is 0 Å². The maximum absolute atomic E-state index is 11.9. The summed E-state index contributed by atoms with van der Waals surface area (Å²) in [5, 5.41) is 6.11. The van der Waals surface area contributed by atoms with Crippen LogP contribution < -0.4 is 10.6 Å². The van der Waals surface area contributed by atoms with Gasteiger partial charge in [0.25, 0.3) is 0 Å². The maximum atomic E-state index is 11.9. The second-order valence-corrected chi connectivity index (χ2v) is 4.76. The number of hydrogen-bond donors (Lipinski definition) is 2. The van der Waals surface area contributed by atoms with E-state index >= 15 is 0 Å². The van der Waals surface area contributed by atoms with Crippen LogP contribution in [0.1, 0.15) is 17.5 Å². The van der Waals surface area contributed by atoms with E-state index in [2.05, 4.69) is 29.7 Å². The van der Waals surface area contributed by atoms with E-state index in [0.717, 1.165) is 18.5 Å². The fraction of sp³-hybridized carbons (Fsp3) is 0.500. The van der Waals surface area contributed by atoms with Crippen molar-refractivity contribution in [1.29, 1.82) is 0 Å². The highest BCUT2D eigenvalue weighted by atomic mass is 16.5. The first-order valence-corrected chi connectivity index (χ1v) is 6.28. The molecule has 1 aliphatic heterocycles. The summed E-state index contributed by atoms with van der Waals surface area (Å²) in [6, 6.07) is 8.05. The van der Waals surface area contributed by atoms with Crippen molar-refractivity contribution in [2.24, 2.45) is 0 Å². The Morgan fingerprint density at radius 1 is 1.44 bits per heavy atom. The van der Waals surface area contributed by atoms with Gasteiger partial charge in [0, 0.05) is 20.2 Å². The molecule has 0 aromatic heterocycles. The van der Waals surface area contributed by atoms with Gasteiger partial charge < -0.3 is 15.4 Å². The van der Waals surface area contributed by atoms with E-state index in [1.807, 2.05) is 12.1 Å². The first-order valence-electron chi connectivity index (χ1n) is 6.28. The lowest BCUT2D eigenvalue weighted by Crippen LogP contribution is -2.39. The highest BCUT2D eigenvalue weighted by Crippen LogP contribution is 2.10. The number of nitrogens with one attached hydrogen (secondary N) is 2. The minimum atomic E-state index is -0.125. The standard InChI is InChI=1S/C14H20N2O2/c1-10-3-5-11(6-4-10)8-16-14(17)13-7-12(18-2)9-15-13/h3-6,12-13,15H,7-9H2,1-2H3,(H,16,17). The van der Waals surface area contributed by atoms with Gasteiger partial charge in [-0.1, -0.05) is 29.8 Å². The van der Waals surface area contributed by atoms with Gasteiger partial charge in [0.05, 0.1) is 12.1 Å². The van der Waals surface area contributed by atoms with Gasteiger partial charge >= 0.3 is 0 Å². The minimum absolute atomic E-state index is 0.0510. The average Bonchev–Trinajstić information content (AvgIpc) is 2.86. The summed E-state index contributed by atoms with van der Waals surface area (Å²) < 4.78 is 5.22. The fourth-order valence-corrected chi connectivity index (χ4v) is 2.10. The summed E-state index contributed by atoms with van der Waals surface area (Å²) >= 11 is 0. The maximum Gasteiger partial charge on any atom is 0.237 e. The van der Waals surface area contributed by atoms with Gasteiger partial charge in [-0.3, -0.25) is 4.79 Å². The molecule has 1 saturated heterocycles. The third-order valence-corrected chi connectivity index (χ3v) is 3.33. The molecule has 4 nitrogen and oxygen atoms in total. The normalized spacial score (nSPS) is 23.0. The third-order valence-electron chi connectivity index (χ3n) is 3.33. The Hall–Kier alpha value is -1.39. The van der Waals surface area contributed by atoms with Crippen molar-refractivity contribution in [2.75, 3.05) is 13.7 Å². The molecule has 18 heavy (non-hydrogen) atoms. The number of aryl methyl sites for hydroxylation is 1. The lowest BCUT2D eigenvalue weighted by atomic mass is 10.1. The third kappa shape index (κ3) is 3.31. The molecule has 98 valence electrons. The van der Waals surface area contributed by atoms with E-state index in [9.17, 15) is 4.79 Å². The van der Waals surface area contributed by atoms with Crippen molar-refractivity contribution >= 4 is 5.91 Å². The topological polar surface area (TPSA) is 50.4 Å². The van der Waals surface area contributed by atoms with E-state index in [4.69, 9.17) is 4.74 Å². The molecule has 1 fully saturated rings. The summed E-state index contributed by atoms with van der Waals surface area (Å²) in [4.78, 5) is 11.9. The predicted molar refractivity (Wildman–Crippen MR) is 70.2 cm³/mol. The molecule has 0 radical (unpaired) electrons. The Morgan fingerprint density at radius 3 is 2.78 bits per heavy atom. The van der Waals surface area contributed by atoms with Crippen molar-refractivity contribution in [3.05, 3.63) is 35.4 Å². The zero-order chi connectivity index (χ0) is 13.0. The predicted octanol–water partition coefficient (Wildman–Crippen LogP) is 0.988. The molecule has 1 aromatic rings. The van der Waals surface area contributed by atoms with Crippen LogP contribution in [0.15, 0.2) is 24.3 Å². The molecule has 1 heterocycles. The number of methoxy groups -OCH3 is 1. The number of carbonyl (C=O) groups excluding carboxylic acids is 1. The van der Waals surface area contributed by atoms with Crippen LogP contribution in [-0.4, -0.2) is 31.7 Å². The van der Waals surface area contributed by atoms with Crippen molar-refractivity contribution in [1.82, 2.24) is 10.6 Å². The SMILES string of the molecule is COC1CNC(C(=O)NCc2ccc(C)cc2)C1. The summed E-state index contributed by atoms with van der Waals surface area (Å²) in [5.41, 5.74) is 2.35. The van der Waals surface area contributed by atoms with Gasteiger partial charge in [-0.15, -0.1) is 0 Å². The number of carbonyl (C=O) groups is 1. The molecule has 1 aliphatic rings. The zero-order valence-corrected chi connectivity index (χ0v) is 10.9. The van der Waals surface area contributed by atoms with Crippen molar-refractivity contribution in [3.63, 3.8) is 0 Å². The number of benzene rings is 1. The molecule has 0 spiro atoms. The van der Waals surface area contributed by atoms with Crippen molar-refractivity contribution < 1.29 is 9.53 Å². The molecule has 1 amide bonds. The monoisotopic (exact) mass is 248 g/mol. The highest BCUT2D eigenvalue weighted by Gasteiger charge is 2.28. The quantitative estimate of drug-likeness (QED) is 0.835. The van der Waals surface area contributed by atoms with E-state index in [1.54, 1.807) is 7.11 Å². The Balaban J connectivity index is 1.80. The van der Waals surface area contributed by atoms with Crippen LogP contribution >= 0.6 is 0 Å². The van der Waals surface area contributed by atoms with Gasteiger partial charge in [0.2, 0.25) is 5.91 Å². The van der Waals surface area contributed by atoms with E-state index < -0.39 is 0 Å². The van der Waals surface area contributed by atoms with Crippen LogP contribution in [-0.2, 0) is 16.1 Å². The number of ether oxygens (including phenoxy) is 1. The fourth-order valence-electron chi connectivity index (χ4n) is 2.10. The largest absolute Gasteiger partial charge is 0.380 e. The Bertz CT molecular complexity index is 403. The van der Waals surface area contributed by atoms with E-state index in [-0.39, 0.29) is 18.1 Å². The van der Waals surface area contributed by atoms with Gasteiger partial charge in [-0.25, -0.2) is 0 Å². The molecule has 2 atom stereocenters. The number of rotatable bonds is 4. The van der Waals surface area contributed by atoms with Gasteiger partial charge in [0.15, 0.2) is 0 Å². The molecule has 2 unspecified atom stereocenters. The van der Waals surface area contributed by atoms with Crippen LogP contribution in [0.5, 0.6) is 0 Å². The van der Waals surface area contributed by atoms with E-state index in [0.29, 0.717) is 6.54 Å². The summed E-state index contributed by atoms with van der Waals surface area (Å²) in [5.74, 6) is 0.0510. The second kappa shape index (κ2) is 5.98. The van der Waals surface area contributed by atoms with Gasteiger partial charge in [-0.2, -0.15) is 0 Å². The van der Waals surface area contributed by atoms with Crippen LogP contribution in [0.25, 0.3) is 0 Å². The summed E-state index contributed by atoms with van der Waals surface area (Å²) in [6.45, 7) is 3.38. The number of amides is 1. The van der Waals surface area contributed by atoms with Crippen LogP contribution in [0, 0.1) is 6.92 Å². The lowest BCUT2D eigenvalue weighted by molar-refractivity contribution is -0.123. The molecular formula is C14H20N2O2. The Kier molecular flexibility index (Phi) is 4.33. The average molecular weight is 248 g/mol. The smallest absolute Gasteiger partial charge is 0.237 e. The molecule has 2 rings (SSSR count). The zero-order valence-electron chi connectivity index (χ0n) is 10.9. The molecule has 0 bridgehead atoms.